The average Bonchev–Trinajstić information content (AvgIpc) is 3.28. The molecule has 15 nitrogen and oxygen atoms in total. The Morgan fingerprint density at radius 2 is 1.79 bits per heavy atom. The van der Waals surface area contributed by atoms with E-state index < -0.39 is 78.7 Å². The summed E-state index contributed by atoms with van der Waals surface area (Å²) in [5.74, 6) is -3.95. The Hall–Kier alpha value is -4.02. The monoisotopic (exact) mass is 606 g/mol. The number of rotatable bonds is 8. The summed E-state index contributed by atoms with van der Waals surface area (Å²) in [7, 11) is 0. The molecule has 234 valence electrons. The normalized spacial score (nSPS) is 29.1. The Balaban J connectivity index is 1.59. The van der Waals surface area contributed by atoms with E-state index in [9.17, 15) is 50.1 Å². The molecule has 3 heterocycles. The van der Waals surface area contributed by atoms with E-state index in [0.717, 1.165) is 0 Å². The zero-order valence-electron chi connectivity index (χ0n) is 23.5. The first-order chi connectivity index (χ1) is 20.1. The molecule has 0 saturated carbocycles. The number of anilines is 1. The third-order valence-electron chi connectivity index (χ3n) is 6.96. The maximum absolute atomic E-state index is 12.6. The molecule has 0 aromatic heterocycles. The lowest BCUT2D eigenvalue weighted by Crippen LogP contribution is -2.60. The highest BCUT2D eigenvalue weighted by Gasteiger charge is 2.45. The number of fused-ring (bicyclic) bond motifs is 1. The number of dihydropyridines is 1. The van der Waals surface area contributed by atoms with E-state index in [-0.39, 0.29) is 30.0 Å². The number of phenols is 1. The van der Waals surface area contributed by atoms with Gasteiger partial charge in [-0.1, -0.05) is 0 Å². The largest absolute Gasteiger partial charge is 0.504 e. The number of esters is 1. The summed E-state index contributed by atoms with van der Waals surface area (Å²) >= 11 is 0. The molecule has 3 aliphatic heterocycles. The van der Waals surface area contributed by atoms with Gasteiger partial charge in [-0.3, -0.25) is 4.99 Å². The molecular formula is C28H34N2O13. The second-order valence-electron chi connectivity index (χ2n) is 11.3. The second kappa shape index (κ2) is 12.3. The van der Waals surface area contributed by atoms with Crippen molar-refractivity contribution >= 4 is 29.3 Å². The molecule has 1 fully saturated rings. The van der Waals surface area contributed by atoms with Gasteiger partial charge in [-0.2, -0.15) is 0 Å². The number of allylic oxidation sites excluding steroid dienone is 1. The summed E-state index contributed by atoms with van der Waals surface area (Å²) in [6, 6.07) is 0.308. The lowest BCUT2D eigenvalue weighted by molar-refractivity contribution is -0.277. The molecule has 1 saturated heterocycles. The van der Waals surface area contributed by atoms with Gasteiger partial charge in [0.05, 0.1) is 6.61 Å². The number of carbonyl (C=O) groups is 3. The lowest BCUT2D eigenvalue weighted by Gasteiger charge is -2.39. The fourth-order valence-corrected chi connectivity index (χ4v) is 4.88. The number of carboxylic acid groups (broad SMARTS) is 2. The lowest BCUT2D eigenvalue weighted by atomic mass is 9.99. The first kappa shape index (κ1) is 31.9. The molecule has 7 N–H and O–H groups in total. The predicted molar refractivity (Wildman–Crippen MR) is 147 cm³/mol. The van der Waals surface area contributed by atoms with E-state index in [1.54, 1.807) is 20.8 Å². The van der Waals surface area contributed by atoms with Crippen molar-refractivity contribution in [3.8, 4) is 11.5 Å². The number of hydrogen-bond donors (Lipinski definition) is 7. The smallest absolute Gasteiger partial charge is 0.354 e. The van der Waals surface area contributed by atoms with Crippen molar-refractivity contribution < 1.29 is 64.3 Å². The first-order valence-corrected chi connectivity index (χ1v) is 13.4. The van der Waals surface area contributed by atoms with Gasteiger partial charge in [0, 0.05) is 30.8 Å². The third-order valence-corrected chi connectivity index (χ3v) is 6.96. The minimum atomic E-state index is -1.73. The van der Waals surface area contributed by atoms with Crippen LogP contribution in [0.15, 0.2) is 41.1 Å². The van der Waals surface area contributed by atoms with E-state index in [1.165, 1.54) is 35.4 Å². The van der Waals surface area contributed by atoms with Crippen LogP contribution < -0.4 is 9.64 Å². The molecule has 1 aromatic carbocycles. The van der Waals surface area contributed by atoms with Gasteiger partial charge in [0.25, 0.3) is 0 Å². The first-order valence-electron chi connectivity index (χ1n) is 13.4. The molecule has 0 unspecified atom stereocenters. The Kier molecular flexibility index (Phi) is 9.13. The third kappa shape index (κ3) is 6.97. The van der Waals surface area contributed by atoms with Crippen LogP contribution in [0.1, 0.15) is 32.8 Å². The number of ether oxygens (including phenoxy) is 3. The average molecular weight is 607 g/mol. The number of nitrogens with zero attached hydrogens (tertiary/aromatic N) is 2. The summed E-state index contributed by atoms with van der Waals surface area (Å²) in [5, 5.41) is 69.8. The van der Waals surface area contributed by atoms with Gasteiger partial charge in [-0.15, -0.1) is 0 Å². The van der Waals surface area contributed by atoms with Gasteiger partial charge >= 0.3 is 17.9 Å². The number of hydrogen-bond acceptors (Lipinski definition) is 13. The van der Waals surface area contributed by atoms with Crippen molar-refractivity contribution in [3.05, 3.63) is 41.6 Å². The summed E-state index contributed by atoms with van der Waals surface area (Å²) in [4.78, 5) is 41.8. The van der Waals surface area contributed by atoms with Crippen molar-refractivity contribution in [1.82, 2.24) is 0 Å². The molecule has 0 amide bonds. The number of carboxylic acids is 2. The predicted octanol–water partition coefficient (Wildman–Crippen LogP) is -0.534. The fourth-order valence-electron chi connectivity index (χ4n) is 4.88. The number of aliphatic imine (C=N–C) groups is 1. The number of phenolic OH excluding ortho intramolecular Hbond substituents is 1. The molecule has 15 heteroatoms. The molecule has 0 radical (unpaired) electrons. The van der Waals surface area contributed by atoms with Crippen LogP contribution >= 0.6 is 0 Å². The van der Waals surface area contributed by atoms with Crippen LogP contribution in [0.4, 0.5) is 5.69 Å². The highest BCUT2D eigenvalue weighted by Crippen LogP contribution is 2.42. The highest BCUT2D eigenvalue weighted by molar-refractivity contribution is 6.41. The maximum atomic E-state index is 12.6. The summed E-state index contributed by atoms with van der Waals surface area (Å²) in [6.07, 6.45) is -3.80. The van der Waals surface area contributed by atoms with Crippen LogP contribution in [0.5, 0.6) is 11.5 Å². The van der Waals surface area contributed by atoms with Crippen molar-refractivity contribution in [2.75, 3.05) is 11.5 Å². The zero-order chi connectivity index (χ0) is 31.8. The fraction of sp³-hybridized carbons (Fsp3) is 0.500. The van der Waals surface area contributed by atoms with Crippen LogP contribution in [0.25, 0.3) is 0 Å². The van der Waals surface area contributed by atoms with E-state index in [1.807, 2.05) is 0 Å². The van der Waals surface area contributed by atoms with Crippen LogP contribution in [-0.2, 0) is 30.3 Å². The Morgan fingerprint density at radius 3 is 2.40 bits per heavy atom. The number of aromatic hydroxyl groups is 1. The SMILES string of the molecule is CC(C)(C)OC(=O)[C@@H]1CC(/C=C/N2c3cc(O)c(O[C@@H]4O[C@H](CO)[C@@H](O)[C@H](O)[C@H]4O)cc3C[C@H]2C(=O)O)=CC(C(=O)O)=N1. The van der Waals surface area contributed by atoms with Gasteiger partial charge < -0.3 is 54.9 Å². The van der Waals surface area contributed by atoms with Crippen LogP contribution in [0, 0.1) is 0 Å². The Labute approximate surface area is 245 Å². The Bertz CT molecular complexity index is 1360. The van der Waals surface area contributed by atoms with Crippen molar-refractivity contribution in [3.63, 3.8) is 0 Å². The van der Waals surface area contributed by atoms with E-state index in [0.29, 0.717) is 11.1 Å². The second-order valence-corrected chi connectivity index (χ2v) is 11.3. The van der Waals surface area contributed by atoms with Gasteiger partial charge in [-0.05, 0) is 50.1 Å². The molecule has 7 atom stereocenters. The molecule has 3 aliphatic rings. The van der Waals surface area contributed by atoms with Gasteiger partial charge in [0.1, 0.15) is 41.8 Å². The minimum absolute atomic E-state index is 0.00223. The molecule has 0 aliphatic carbocycles. The number of benzene rings is 1. The molecule has 0 spiro atoms. The van der Waals surface area contributed by atoms with Gasteiger partial charge in [-0.25, -0.2) is 14.4 Å². The van der Waals surface area contributed by atoms with Crippen LogP contribution in [0.2, 0.25) is 0 Å². The van der Waals surface area contributed by atoms with E-state index in [2.05, 4.69) is 4.99 Å². The van der Waals surface area contributed by atoms with Gasteiger partial charge in [0.15, 0.2) is 17.5 Å². The number of carbonyl (C=O) groups excluding carboxylic acids is 1. The summed E-state index contributed by atoms with van der Waals surface area (Å²) < 4.78 is 16.2. The molecule has 1 aromatic rings. The maximum Gasteiger partial charge on any atom is 0.354 e. The van der Waals surface area contributed by atoms with Crippen molar-refractivity contribution in [2.24, 2.45) is 4.99 Å². The number of aliphatic carboxylic acids is 2. The van der Waals surface area contributed by atoms with Crippen molar-refractivity contribution in [1.29, 1.82) is 0 Å². The molecule has 0 bridgehead atoms. The minimum Gasteiger partial charge on any atom is -0.504 e. The highest BCUT2D eigenvalue weighted by atomic mass is 16.7. The summed E-state index contributed by atoms with van der Waals surface area (Å²) in [5.41, 5.74) is -0.117. The van der Waals surface area contributed by atoms with E-state index >= 15 is 0 Å². The molecule has 43 heavy (non-hydrogen) atoms. The van der Waals surface area contributed by atoms with E-state index in [4.69, 9.17) is 14.2 Å². The Morgan fingerprint density at radius 1 is 1.09 bits per heavy atom. The molecular weight excluding hydrogens is 572 g/mol. The summed E-state index contributed by atoms with van der Waals surface area (Å²) in [6.45, 7) is 4.31. The quantitative estimate of drug-likeness (QED) is 0.184. The standard InChI is InChI=1S/C28H34N2O13/c1-28(2,3)43-26(40)15-7-12(6-14(29-15)24(36)37)4-5-30-16-10-18(32)19(9-13(16)8-17(30)25(38)39)41-27-23(35)22(34)21(33)20(11-31)42-27/h4-6,9-10,15,17,20-23,27,31-35H,7-8,11H2,1-3H3,(H,36,37)(H,38,39)/b5-4+/t15-,17-,20+,21+,22-,23+,27+/m0/s1. The topological polar surface area (TPSA) is 236 Å². The molecule has 4 rings (SSSR count). The van der Waals surface area contributed by atoms with Crippen molar-refractivity contribution in [2.45, 2.75) is 82.0 Å². The van der Waals surface area contributed by atoms with Gasteiger partial charge in [0.2, 0.25) is 6.29 Å². The zero-order valence-corrected chi connectivity index (χ0v) is 23.5. The number of aliphatic hydroxyl groups excluding tert-OH is 4. The van der Waals surface area contributed by atoms with Crippen LogP contribution in [-0.4, -0.2) is 114 Å². The number of aliphatic hydroxyl groups is 4. The van der Waals surface area contributed by atoms with Crippen LogP contribution in [0.3, 0.4) is 0 Å².